The SMILES string of the molecule is COc1ccc(N(CC(=O)N/N=C\c2ccc(OCc3ccccc3)c(OC)c2)S(=O)(=O)c2ccccc2)cc1. The van der Waals surface area contributed by atoms with Crippen molar-refractivity contribution in [3.63, 3.8) is 0 Å². The van der Waals surface area contributed by atoms with E-state index in [9.17, 15) is 13.2 Å². The molecule has 0 unspecified atom stereocenters. The van der Waals surface area contributed by atoms with Crippen LogP contribution in [0.2, 0.25) is 0 Å². The number of sulfonamides is 1. The molecule has 0 bridgehead atoms. The van der Waals surface area contributed by atoms with E-state index in [0.29, 0.717) is 35.1 Å². The van der Waals surface area contributed by atoms with Crippen LogP contribution in [-0.2, 0) is 21.4 Å². The van der Waals surface area contributed by atoms with Gasteiger partial charge >= 0.3 is 0 Å². The predicted octanol–water partition coefficient (Wildman–Crippen LogP) is 4.63. The summed E-state index contributed by atoms with van der Waals surface area (Å²) in [5.41, 5.74) is 4.38. The zero-order chi connectivity index (χ0) is 28.4. The van der Waals surface area contributed by atoms with E-state index in [1.807, 2.05) is 30.3 Å². The van der Waals surface area contributed by atoms with Crippen molar-refractivity contribution in [3.8, 4) is 17.2 Å². The molecule has 0 aliphatic carbocycles. The van der Waals surface area contributed by atoms with Crippen LogP contribution in [0.4, 0.5) is 5.69 Å². The van der Waals surface area contributed by atoms with Crippen LogP contribution in [0.1, 0.15) is 11.1 Å². The summed E-state index contributed by atoms with van der Waals surface area (Å²) in [6, 6.07) is 29.3. The number of hydrazone groups is 1. The van der Waals surface area contributed by atoms with Crippen LogP contribution < -0.4 is 23.9 Å². The Morgan fingerprint density at radius 1 is 0.850 bits per heavy atom. The highest BCUT2D eigenvalue weighted by atomic mass is 32.2. The smallest absolute Gasteiger partial charge is 0.264 e. The highest BCUT2D eigenvalue weighted by Crippen LogP contribution is 2.28. The molecule has 206 valence electrons. The maximum atomic E-state index is 13.4. The highest BCUT2D eigenvalue weighted by Gasteiger charge is 2.27. The Balaban J connectivity index is 1.45. The molecule has 10 heteroatoms. The summed E-state index contributed by atoms with van der Waals surface area (Å²) in [4.78, 5) is 12.9. The molecule has 0 fully saturated rings. The fourth-order valence-corrected chi connectivity index (χ4v) is 5.19. The van der Waals surface area contributed by atoms with Gasteiger partial charge in [0.15, 0.2) is 11.5 Å². The molecule has 0 radical (unpaired) electrons. The number of nitrogens with one attached hydrogen (secondary N) is 1. The number of benzene rings is 4. The largest absolute Gasteiger partial charge is 0.497 e. The molecule has 9 nitrogen and oxygen atoms in total. The molecule has 4 aromatic carbocycles. The molecule has 0 spiro atoms. The van der Waals surface area contributed by atoms with Crippen molar-refractivity contribution >= 4 is 27.8 Å². The molecule has 4 rings (SSSR count). The summed E-state index contributed by atoms with van der Waals surface area (Å²) in [6.07, 6.45) is 1.44. The molecule has 4 aromatic rings. The average molecular weight is 560 g/mol. The molecule has 0 aliphatic heterocycles. The molecule has 40 heavy (non-hydrogen) atoms. The van der Waals surface area contributed by atoms with Gasteiger partial charge in [-0.15, -0.1) is 0 Å². The van der Waals surface area contributed by atoms with Crippen molar-refractivity contribution in [2.75, 3.05) is 25.1 Å². The van der Waals surface area contributed by atoms with Gasteiger partial charge < -0.3 is 14.2 Å². The van der Waals surface area contributed by atoms with Crippen molar-refractivity contribution in [2.24, 2.45) is 5.10 Å². The molecular weight excluding hydrogens is 530 g/mol. The molecule has 0 aromatic heterocycles. The summed E-state index contributed by atoms with van der Waals surface area (Å²) < 4.78 is 44.3. The van der Waals surface area contributed by atoms with Gasteiger partial charge in [0.2, 0.25) is 0 Å². The van der Waals surface area contributed by atoms with Crippen molar-refractivity contribution in [3.05, 3.63) is 114 Å². The Kier molecular flexibility index (Phi) is 9.37. The van der Waals surface area contributed by atoms with Gasteiger partial charge in [0.1, 0.15) is 18.9 Å². The number of hydrogen-bond donors (Lipinski definition) is 1. The summed E-state index contributed by atoms with van der Waals surface area (Å²) >= 11 is 0. The minimum absolute atomic E-state index is 0.0591. The van der Waals surface area contributed by atoms with E-state index in [4.69, 9.17) is 14.2 Å². The van der Waals surface area contributed by atoms with Gasteiger partial charge in [-0.2, -0.15) is 5.10 Å². The highest BCUT2D eigenvalue weighted by molar-refractivity contribution is 7.92. The van der Waals surface area contributed by atoms with Gasteiger partial charge in [-0.05, 0) is 65.7 Å². The summed E-state index contributed by atoms with van der Waals surface area (Å²) in [5.74, 6) is 1.00. The number of carbonyl (C=O) groups is 1. The van der Waals surface area contributed by atoms with E-state index in [0.717, 1.165) is 9.87 Å². The fraction of sp³-hybridized carbons (Fsp3) is 0.133. The number of hydrogen-bond acceptors (Lipinski definition) is 7. The zero-order valence-corrected chi connectivity index (χ0v) is 22.9. The van der Waals surface area contributed by atoms with Crippen molar-refractivity contribution in [1.29, 1.82) is 0 Å². The maximum Gasteiger partial charge on any atom is 0.264 e. The summed E-state index contributed by atoms with van der Waals surface area (Å²) in [6.45, 7) is -0.103. The van der Waals surface area contributed by atoms with E-state index in [-0.39, 0.29) is 4.90 Å². The molecule has 0 atom stereocenters. The van der Waals surface area contributed by atoms with Crippen LogP contribution in [0.15, 0.2) is 113 Å². The Bertz CT molecular complexity index is 1540. The average Bonchev–Trinajstić information content (AvgIpc) is 3.00. The third kappa shape index (κ3) is 7.17. The lowest BCUT2D eigenvalue weighted by Crippen LogP contribution is -2.39. The Morgan fingerprint density at radius 2 is 1.52 bits per heavy atom. The van der Waals surface area contributed by atoms with E-state index >= 15 is 0 Å². The first kappa shape index (κ1) is 28.2. The molecule has 0 saturated heterocycles. The Hall–Kier alpha value is -4.83. The molecule has 0 heterocycles. The number of rotatable bonds is 12. The van der Waals surface area contributed by atoms with Crippen LogP contribution in [0.5, 0.6) is 17.2 Å². The Labute approximate surface area is 233 Å². The van der Waals surface area contributed by atoms with E-state index in [2.05, 4.69) is 10.5 Å². The van der Waals surface area contributed by atoms with Crippen LogP contribution in [-0.4, -0.2) is 41.3 Å². The lowest BCUT2D eigenvalue weighted by Gasteiger charge is -2.23. The monoisotopic (exact) mass is 559 g/mol. The summed E-state index contributed by atoms with van der Waals surface area (Å²) in [5, 5.41) is 4.01. The van der Waals surface area contributed by atoms with Crippen LogP contribution in [0.25, 0.3) is 0 Å². The van der Waals surface area contributed by atoms with Crippen LogP contribution >= 0.6 is 0 Å². The van der Waals surface area contributed by atoms with E-state index < -0.39 is 22.5 Å². The minimum atomic E-state index is -4.04. The number of nitrogens with zero attached hydrogens (tertiary/aromatic N) is 2. The quantitative estimate of drug-likeness (QED) is 0.200. The number of ether oxygens (including phenoxy) is 3. The first-order chi connectivity index (χ1) is 19.4. The zero-order valence-electron chi connectivity index (χ0n) is 22.1. The maximum absolute atomic E-state index is 13.4. The van der Waals surface area contributed by atoms with Crippen molar-refractivity contribution < 1.29 is 27.4 Å². The number of anilines is 1. The number of amides is 1. The van der Waals surface area contributed by atoms with Crippen molar-refractivity contribution in [1.82, 2.24) is 5.43 Å². The molecule has 0 saturated carbocycles. The van der Waals surface area contributed by atoms with Gasteiger partial charge in [0, 0.05) is 0 Å². The summed E-state index contributed by atoms with van der Waals surface area (Å²) in [7, 11) is -0.986. The normalized spacial score (nSPS) is 11.2. The lowest BCUT2D eigenvalue weighted by atomic mass is 10.2. The van der Waals surface area contributed by atoms with Gasteiger partial charge in [-0.3, -0.25) is 9.10 Å². The molecule has 1 N–H and O–H groups in total. The van der Waals surface area contributed by atoms with Gasteiger partial charge in [0.25, 0.3) is 15.9 Å². The molecule has 0 aliphatic rings. The van der Waals surface area contributed by atoms with Crippen LogP contribution in [0.3, 0.4) is 0 Å². The third-order valence-corrected chi connectivity index (χ3v) is 7.59. The number of carbonyl (C=O) groups excluding carboxylic acids is 1. The van der Waals surface area contributed by atoms with Gasteiger partial charge in [0.05, 0.1) is 31.0 Å². The van der Waals surface area contributed by atoms with E-state index in [1.165, 1.54) is 32.6 Å². The van der Waals surface area contributed by atoms with Gasteiger partial charge in [-0.1, -0.05) is 48.5 Å². The lowest BCUT2D eigenvalue weighted by molar-refractivity contribution is -0.119. The minimum Gasteiger partial charge on any atom is -0.497 e. The molecule has 1 amide bonds. The van der Waals surface area contributed by atoms with Crippen molar-refractivity contribution in [2.45, 2.75) is 11.5 Å². The second-order valence-electron chi connectivity index (χ2n) is 8.50. The second-order valence-corrected chi connectivity index (χ2v) is 10.4. The predicted molar refractivity (Wildman–Crippen MR) is 153 cm³/mol. The topological polar surface area (TPSA) is 107 Å². The first-order valence-electron chi connectivity index (χ1n) is 12.3. The van der Waals surface area contributed by atoms with E-state index in [1.54, 1.807) is 60.7 Å². The first-order valence-corrected chi connectivity index (χ1v) is 13.7. The second kappa shape index (κ2) is 13.3. The third-order valence-electron chi connectivity index (χ3n) is 5.81. The fourth-order valence-electron chi connectivity index (χ4n) is 3.75. The van der Waals surface area contributed by atoms with Crippen LogP contribution in [0, 0.1) is 0 Å². The van der Waals surface area contributed by atoms with Gasteiger partial charge in [-0.25, -0.2) is 13.8 Å². The Morgan fingerprint density at radius 3 is 2.17 bits per heavy atom. The standard InChI is InChI=1S/C30H29N3O6S/c1-37-26-16-14-25(15-17-26)33(40(35,36)27-11-7-4-8-12-27)21-30(34)32-31-20-24-13-18-28(29(19-24)38-2)39-22-23-9-5-3-6-10-23/h3-20H,21-22H2,1-2H3,(H,32,34)/b31-20-. The molecular formula is C30H29N3O6S. The number of methoxy groups -OCH3 is 2.